The van der Waals surface area contributed by atoms with Crippen LogP contribution in [-0.2, 0) is 18.4 Å². The van der Waals surface area contributed by atoms with Crippen molar-refractivity contribution in [2.45, 2.75) is 18.9 Å². The van der Waals surface area contributed by atoms with E-state index in [0.29, 0.717) is 23.5 Å². The van der Waals surface area contributed by atoms with Crippen molar-refractivity contribution >= 4 is 16.9 Å². The van der Waals surface area contributed by atoms with Crippen LogP contribution >= 0.6 is 0 Å². The lowest BCUT2D eigenvalue weighted by Crippen LogP contribution is -2.35. The van der Waals surface area contributed by atoms with Crippen LogP contribution in [-0.4, -0.2) is 43.2 Å². The molecular formula is C18H19N5O2. The maximum absolute atomic E-state index is 12.6. The zero-order valence-corrected chi connectivity index (χ0v) is 14.0. The quantitative estimate of drug-likeness (QED) is 0.719. The third kappa shape index (κ3) is 2.82. The second kappa shape index (κ2) is 6.16. The van der Waals surface area contributed by atoms with Crippen molar-refractivity contribution in [1.29, 1.82) is 0 Å². The maximum atomic E-state index is 12.6. The second-order valence-electron chi connectivity index (χ2n) is 6.42. The van der Waals surface area contributed by atoms with Crippen LogP contribution in [0.5, 0.6) is 0 Å². The van der Waals surface area contributed by atoms with E-state index in [1.165, 1.54) is 22.7 Å². The highest BCUT2D eigenvalue weighted by atomic mass is 16.2. The molecule has 1 aliphatic rings. The highest BCUT2D eigenvalue weighted by Crippen LogP contribution is 2.26. The largest absolute Gasteiger partial charge is 0.341 e. The standard InChI is InChI=1S/C18H19N5O2/c1-21-17-15(9-20-21)18(25)23(12-19-17)11-16(24)22-8-7-14(10-22)13-5-3-2-4-6-13/h2-6,9,12,14H,7-8,10-11H2,1H3. The molecule has 0 spiro atoms. The van der Waals surface area contributed by atoms with Gasteiger partial charge in [-0.2, -0.15) is 5.10 Å². The van der Waals surface area contributed by atoms with E-state index in [1.54, 1.807) is 11.7 Å². The van der Waals surface area contributed by atoms with Gasteiger partial charge in [0.1, 0.15) is 18.3 Å². The van der Waals surface area contributed by atoms with E-state index >= 15 is 0 Å². The molecule has 4 rings (SSSR count). The molecule has 1 saturated heterocycles. The molecule has 1 amide bonds. The van der Waals surface area contributed by atoms with Crippen LogP contribution in [0, 0.1) is 0 Å². The maximum Gasteiger partial charge on any atom is 0.264 e. The van der Waals surface area contributed by atoms with Crippen LogP contribution in [0.2, 0.25) is 0 Å². The van der Waals surface area contributed by atoms with E-state index in [1.807, 2.05) is 23.1 Å². The van der Waals surface area contributed by atoms with Gasteiger partial charge in [-0.25, -0.2) is 4.98 Å². The number of hydrogen-bond acceptors (Lipinski definition) is 4. The van der Waals surface area contributed by atoms with Crippen LogP contribution < -0.4 is 5.56 Å². The Bertz CT molecular complexity index is 976. The Kier molecular flexibility index (Phi) is 3.83. The van der Waals surface area contributed by atoms with Crippen LogP contribution in [0.3, 0.4) is 0 Å². The second-order valence-corrected chi connectivity index (χ2v) is 6.42. The number of benzene rings is 1. The van der Waals surface area contributed by atoms with E-state index < -0.39 is 0 Å². The first kappa shape index (κ1) is 15.6. The molecule has 0 radical (unpaired) electrons. The first-order valence-corrected chi connectivity index (χ1v) is 8.33. The predicted molar refractivity (Wildman–Crippen MR) is 93.1 cm³/mol. The summed E-state index contributed by atoms with van der Waals surface area (Å²) in [6, 6.07) is 10.2. The average molecular weight is 337 g/mol. The minimum Gasteiger partial charge on any atom is -0.341 e. The summed E-state index contributed by atoms with van der Waals surface area (Å²) in [6.45, 7) is 1.42. The molecule has 1 aromatic carbocycles. The molecule has 3 heterocycles. The van der Waals surface area contributed by atoms with E-state index in [2.05, 4.69) is 22.2 Å². The lowest BCUT2D eigenvalue weighted by Gasteiger charge is -2.17. The molecule has 7 nitrogen and oxygen atoms in total. The fourth-order valence-electron chi connectivity index (χ4n) is 3.41. The Labute approximate surface area is 144 Å². The molecule has 128 valence electrons. The fourth-order valence-corrected chi connectivity index (χ4v) is 3.41. The minimum absolute atomic E-state index is 0.0121. The van der Waals surface area contributed by atoms with Gasteiger partial charge in [0.25, 0.3) is 5.56 Å². The lowest BCUT2D eigenvalue weighted by atomic mass is 9.99. The van der Waals surface area contributed by atoms with E-state index in [4.69, 9.17) is 0 Å². The van der Waals surface area contributed by atoms with Crippen molar-refractivity contribution in [3.05, 3.63) is 58.8 Å². The topological polar surface area (TPSA) is 73.0 Å². The van der Waals surface area contributed by atoms with Gasteiger partial charge in [0.15, 0.2) is 5.65 Å². The molecule has 7 heteroatoms. The Balaban J connectivity index is 1.49. The smallest absolute Gasteiger partial charge is 0.264 e. The number of aryl methyl sites for hydroxylation is 1. The third-order valence-electron chi connectivity index (χ3n) is 4.84. The summed E-state index contributed by atoms with van der Waals surface area (Å²) in [5.41, 5.74) is 1.55. The van der Waals surface area contributed by atoms with Gasteiger partial charge in [-0.3, -0.25) is 18.8 Å². The summed E-state index contributed by atoms with van der Waals surface area (Å²) in [6.07, 6.45) is 3.87. The molecule has 0 saturated carbocycles. The van der Waals surface area contributed by atoms with Crippen molar-refractivity contribution in [1.82, 2.24) is 24.2 Å². The number of rotatable bonds is 3. The van der Waals surface area contributed by atoms with E-state index in [9.17, 15) is 9.59 Å². The number of carbonyl (C=O) groups is 1. The number of likely N-dealkylation sites (tertiary alicyclic amines) is 1. The number of hydrogen-bond donors (Lipinski definition) is 0. The highest BCUT2D eigenvalue weighted by Gasteiger charge is 2.27. The summed E-state index contributed by atoms with van der Waals surface area (Å²) in [4.78, 5) is 31.1. The molecular weight excluding hydrogens is 318 g/mol. The molecule has 1 unspecified atom stereocenters. The van der Waals surface area contributed by atoms with Gasteiger partial charge in [-0.15, -0.1) is 0 Å². The molecule has 0 aliphatic carbocycles. The van der Waals surface area contributed by atoms with Gasteiger partial charge in [0.05, 0.1) is 6.20 Å². The van der Waals surface area contributed by atoms with Crippen molar-refractivity contribution in [2.75, 3.05) is 13.1 Å². The Morgan fingerprint density at radius 2 is 2.08 bits per heavy atom. The molecule has 1 aliphatic heterocycles. The summed E-state index contributed by atoms with van der Waals surface area (Å²) in [5.74, 6) is 0.311. The number of amides is 1. The molecule has 0 N–H and O–H groups in total. The van der Waals surface area contributed by atoms with Gasteiger partial charge in [-0.05, 0) is 12.0 Å². The van der Waals surface area contributed by atoms with Crippen LogP contribution in [0.15, 0.2) is 47.7 Å². The molecule has 1 atom stereocenters. The lowest BCUT2D eigenvalue weighted by molar-refractivity contribution is -0.130. The Morgan fingerprint density at radius 3 is 2.88 bits per heavy atom. The van der Waals surface area contributed by atoms with Gasteiger partial charge in [0, 0.05) is 26.1 Å². The van der Waals surface area contributed by atoms with Crippen LogP contribution in [0.1, 0.15) is 17.9 Å². The minimum atomic E-state index is -0.231. The van der Waals surface area contributed by atoms with E-state index in [-0.39, 0.29) is 18.0 Å². The monoisotopic (exact) mass is 337 g/mol. The summed E-state index contributed by atoms with van der Waals surface area (Å²) in [5, 5.41) is 4.48. The fraction of sp³-hybridized carbons (Fsp3) is 0.333. The molecule has 2 aromatic heterocycles. The van der Waals surface area contributed by atoms with Gasteiger partial charge in [0.2, 0.25) is 5.91 Å². The van der Waals surface area contributed by atoms with Gasteiger partial charge in [-0.1, -0.05) is 30.3 Å². The van der Waals surface area contributed by atoms with Crippen molar-refractivity contribution in [3.63, 3.8) is 0 Å². The summed E-state index contributed by atoms with van der Waals surface area (Å²) in [7, 11) is 1.73. The van der Waals surface area contributed by atoms with Gasteiger partial charge < -0.3 is 4.90 Å². The first-order chi connectivity index (χ1) is 12.1. The third-order valence-corrected chi connectivity index (χ3v) is 4.84. The predicted octanol–water partition coefficient (Wildman–Crippen LogP) is 1.15. The zero-order valence-electron chi connectivity index (χ0n) is 14.0. The van der Waals surface area contributed by atoms with Crippen LogP contribution in [0.4, 0.5) is 0 Å². The van der Waals surface area contributed by atoms with Crippen molar-refractivity contribution in [2.24, 2.45) is 7.05 Å². The molecule has 0 bridgehead atoms. The van der Waals surface area contributed by atoms with Crippen LogP contribution in [0.25, 0.3) is 11.0 Å². The SMILES string of the molecule is Cn1ncc2c(=O)n(CC(=O)N3CCC(c4ccccc4)C3)cnc21. The normalized spacial score (nSPS) is 17.3. The summed E-state index contributed by atoms with van der Waals surface area (Å²) < 4.78 is 2.91. The number of fused-ring (bicyclic) bond motifs is 1. The summed E-state index contributed by atoms with van der Waals surface area (Å²) >= 11 is 0. The highest BCUT2D eigenvalue weighted by molar-refractivity contribution is 5.77. The van der Waals surface area contributed by atoms with E-state index in [0.717, 1.165) is 13.0 Å². The number of aromatic nitrogens is 4. The molecule has 1 fully saturated rings. The number of carbonyl (C=O) groups excluding carboxylic acids is 1. The Morgan fingerprint density at radius 1 is 1.28 bits per heavy atom. The van der Waals surface area contributed by atoms with Crippen molar-refractivity contribution in [3.8, 4) is 0 Å². The average Bonchev–Trinajstić information content (AvgIpc) is 3.26. The zero-order chi connectivity index (χ0) is 17.4. The number of nitrogens with zero attached hydrogens (tertiary/aromatic N) is 5. The Hall–Kier alpha value is -2.96. The molecule has 25 heavy (non-hydrogen) atoms. The molecule has 3 aromatic rings. The van der Waals surface area contributed by atoms with Crippen molar-refractivity contribution < 1.29 is 4.79 Å². The first-order valence-electron chi connectivity index (χ1n) is 8.33. The van der Waals surface area contributed by atoms with Gasteiger partial charge >= 0.3 is 0 Å².